The van der Waals surface area contributed by atoms with Gasteiger partial charge in [0.25, 0.3) is 0 Å². The van der Waals surface area contributed by atoms with Crippen molar-refractivity contribution in [2.75, 3.05) is 0 Å². The molecule has 0 bridgehead atoms. The van der Waals surface area contributed by atoms with Crippen LogP contribution in [0.2, 0.25) is 0 Å². The first-order valence-electron chi connectivity index (χ1n) is 8.69. The molecule has 1 heterocycles. The van der Waals surface area contributed by atoms with Gasteiger partial charge < -0.3 is 25.0 Å². The SMILES string of the molecule is Cn1c2cc(O)c(C(C)(C)C)c(O)c2c2c(O)c(C(C)(C)C)c(O)cc21. The molecule has 0 aliphatic rings. The van der Waals surface area contributed by atoms with Crippen LogP contribution in [0.4, 0.5) is 0 Å². The van der Waals surface area contributed by atoms with Crippen LogP contribution < -0.4 is 0 Å². The minimum atomic E-state index is -0.482. The molecule has 4 N–H and O–H groups in total. The Labute approximate surface area is 153 Å². The molecule has 0 spiro atoms. The molecule has 0 aliphatic heterocycles. The molecule has 5 nitrogen and oxygen atoms in total. The third-order valence-corrected chi connectivity index (χ3v) is 4.99. The van der Waals surface area contributed by atoms with Gasteiger partial charge in [0, 0.05) is 30.3 Å². The van der Waals surface area contributed by atoms with E-state index in [0.717, 1.165) is 0 Å². The van der Waals surface area contributed by atoms with Crippen LogP contribution in [0, 0.1) is 0 Å². The second kappa shape index (κ2) is 5.22. The Kier molecular flexibility index (Phi) is 3.66. The third kappa shape index (κ3) is 2.37. The quantitative estimate of drug-likeness (QED) is 0.468. The van der Waals surface area contributed by atoms with E-state index in [1.54, 1.807) is 23.7 Å². The van der Waals surface area contributed by atoms with Crippen molar-refractivity contribution in [3.63, 3.8) is 0 Å². The summed E-state index contributed by atoms with van der Waals surface area (Å²) in [6.07, 6.45) is 0. The van der Waals surface area contributed by atoms with E-state index in [2.05, 4.69) is 0 Å². The van der Waals surface area contributed by atoms with Gasteiger partial charge in [-0.05, 0) is 10.8 Å². The number of fused-ring (bicyclic) bond motifs is 3. The van der Waals surface area contributed by atoms with Crippen LogP contribution in [-0.2, 0) is 17.9 Å². The summed E-state index contributed by atoms with van der Waals surface area (Å²) in [7, 11) is 1.77. The molecule has 1 aromatic heterocycles. The average Bonchev–Trinajstić information content (AvgIpc) is 2.70. The number of rotatable bonds is 0. The monoisotopic (exact) mass is 357 g/mol. The Morgan fingerprint density at radius 1 is 0.654 bits per heavy atom. The molecule has 0 radical (unpaired) electrons. The molecule has 0 amide bonds. The number of phenols is 4. The van der Waals surface area contributed by atoms with Crippen molar-refractivity contribution in [2.45, 2.75) is 52.4 Å². The molecule has 3 rings (SSSR count). The molecule has 0 atom stereocenters. The van der Waals surface area contributed by atoms with E-state index in [9.17, 15) is 20.4 Å². The normalized spacial score (nSPS) is 13.0. The van der Waals surface area contributed by atoms with Gasteiger partial charge in [-0.2, -0.15) is 0 Å². The van der Waals surface area contributed by atoms with Gasteiger partial charge in [0.2, 0.25) is 0 Å². The number of aromatic hydroxyl groups is 4. The summed E-state index contributed by atoms with van der Waals surface area (Å²) in [5, 5.41) is 44.0. The topological polar surface area (TPSA) is 85.9 Å². The van der Waals surface area contributed by atoms with Crippen molar-refractivity contribution < 1.29 is 20.4 Å². The zero-order valence-electron chi connectivity index (χ0n) is 16.4. The Bertz CT molecular complexity index is 963. The predicted octanol–water partition coefficient (Wildman–Crippen LogP) is 4.75. The summed E-state index contributed by atoms with van der Waals surface area (Å²) in [5.41, 5.74) is 1.07. The lowest BCUT2D eigenvalue weighted by Gasteiger charge is -2.23. The van der Waals surface area contributed by atoms with E-state index < -0.39 is 10.8 Å². The summed E-state index contributed by atoms with van der Waals surface area (Å²) in [6.45, 7) is 11.4. The first-order valence-corrected chi connectivity index (χ1v) is 8.69. The highest BCUT2D eigenvalue weighted by Gasteiger charge is 2.31. The molecule has 0 unspecified atom stereocenters. The number of aromatic nitrogens is 1. The van der Waals surface area contributed by atoms with Gasteiger partial charge in [0.1, 0.15) is 23.0 Å². The summed E-state index contributed by atoms with van der Waals surface area (Å²) in [6, 6.07) is 3.20. The minimum Gasteiger partial charge on any atom is -0.507 e. The number of hydrogen-bond donors (Lipinski definition) is 4. The van der Waals surface area contributed by atoms with Crippen LogP contribution >= 0.6 is 0 Å². The molecule has 0 saturated carbocycles. The number of benzene rings is 2. The molecule has 5 heteroatoms. The van der Waals surface area contributed by atoms with Crippen molar-refractivity contribution in [1.29, 1.82) is 0 Å². The smallest absolute Gasteiger partial charge is 0.133 e. The van der Waals surface area contributed by atoms with Crippen molar-refractivity contribution in [3.8, 4) is 23.0 Å². The lowest BCUT2D eigenvalue weighted by atomic mass is 9.83. The molecule has 26 heavy (non-hydrogen) atoms. The molecule has 2 aromatic carbocycles. The van der Waals surface area contributed by atoms with Crippen LogP contribution in [-0.4, -0.2) is 25.0 Å². The van der Waals surface area contributed by atoms with E-state index in [0.29, 0.717) is 32.9 Å². The van der Waals surface area contributed by atoms with E-state index in [4.69, 9.17) is 0 Å². The van der Waals surface area contributed by atoms with Crippen molar-refractivity contribution in [1.82, 2.24) is 4.57 Å². The van der Waals surface area contributed by atoms with E-state index in [-0.39, 0.29) is 23.0 Å². The molecular formula is C21H27NO4. The summed E-state index contributed by atoms with van der Waals surface area (Å²) in [5.74, 6) is -0.0702. The summed E-state index contributed by atoms with van der Waals surface area (Å²) < 4.78 is 1.75. The lowest BCUT2D eigenvalue weighted by Crippen LogP contribution is -2.12. The van der Waals surface area contributed by atoms with Gasteiger partial charge in [0.05, 0.1) is 21.8 Å². The fourth-order valence-electron chi connectivity index (χ4n) is 3.91. The lowest BCUT2D eigenvalue weighted by molar-refractivity contribution is 0.411. The van der Waals surface area contributed by atoms with Crippen LogP contribution in [0.15, 0.2) is 12.1 Å². The molecule has 0 saturated heterocycles. The number of aryl methyl sites for hydroxylation is 1. The Balaban J connectivity index is 2.64. The maximum absolute atomic E-state index is 11.0. The predicted molar refractivity (Wildman–Crippen MR) is 104 cm³/mol. The second-order valence-corrected chi connectivity index (χ2v) is 9.09. The zero-order chi connectivity index (χ0) is 19.8. The average molecular weight is 357 g/mol. The van der Waals surface area contributed by atoms with E-state index in [1.165, 1.54) is 0 Å². The highest BCUT2D eigenvalue weighted by Crippen LogP contribution is 2.51. The van der Waals surface area contributed by atoms with E-state index >= 15 is 0 Å². The van der Waals surface area contributed by atoms with Crippen LogP contribution in [0.25, 0.3) is 21.8 Å². The highest BCUT2D eigenvalue weighted by atomic mass is 16.3. The molecule has 0 fully saturated rings. The van der Waals surface area contributed by atoms with Crippen molar-refractivity contribution in [3.05, 3.63) is 23.3 Å². The summed E-state index contributed by atoms with van der Waals surface area (Å²) >= 11 is 0. The van der Waals surface area contributed by atoms with Gasteiger partial charge in [-0.1, -0.05) is 41.5 Å². The number of nitrogens with zero attached hydrogens (tertiary/aromatic N) is 1. The second-order valence-electron chi connectivity index (χ2n) is 9.09. The Hall–Kier alpha value is -2.56. The highest BCUT2D eigenvalue weighted by molar-refractivity contribution is 6.15. The van der Waals surface area contributed by atoms with Crippen LogP contribution in [0.5, 0.6) is 23.0 Å². The Morgan fingerprint density at radius 2 is 0.962 bits per heavy atom. The minimum absolute atomic E-state index is 0.00756. The zero-order valence-corrected chi connectivity index (χ0v) is 16.4. The van der Waals surface area contributed by atoms with Gasteiger partial charge >= 0.3 is 0 Å². The molecule has 0 aliphatic carbocycles. The molecular weight excluding hydrogens is 330 g/mol. The van der Waals surface area contributed by atoms with Gasteiger partial charge in [-0.25, -0.2) is 0 Å². The standard InChI is InChI=1S/C21H27NO4/c1-20(2,3)16-12(23)8-10-14(18(16)25)15-11(22(10)7)9-13(24)17(19(15)26)21(4,5)6/h8-9,23-26H,1-7H3. The molecule has 140 valence electrons. The maximum atomic E-state index is 11.0. The Morgan fingerprint density at radius 3 is 1.23 bits per heavy atom. The van der Waals surface area contributed by atoms with Gasteiger partial charge in [-0.3, -0.25) is 0 Å². The first kappa shape index (κ1) is 18.2. The summed E-state index contributed by atoms with van der Waals surface area (Å²) in [4.78, 5) is 0. The third-order valence-electron chi connectivity index (χ3n) is 4.99. The fraction of sp³-hybridized carbons (Fsp3) is 0.429. The largest absolute Gasteiger partial charge is 0.507 e. The van der Waals surface area contributed by atoms with Crippen LogP contribution in [0.3, 0.4) is 0 Å². The van der Waals surface area contributed by atoms with Gasteiger partial charge in [0.15, 0.2) is 0 Å². The fourth-order valence-corrected chi connectivity index (χ4v) is 3.91. The first-order chi connectivity index (χ1) is 11.8. The molecule has 3 aromatic rings. The van der Waals surface area contributed by atoms with Crippen molar-refractivity contribution in [2.24, 2.45) is 7.05 Å². The van der Waals surface area contributed by atoms with Gasteiger partial charge in [-0.15, -0.1) is 0 Å². The van der Waals surface area contributed by atoms with E-state index in [1.807, 2.05) is 41.5 Å². The van der Waals surface area contributed by atoms with Crippen LogP contribution in [0.1, 0.15) is 52.7 Å². The maximum Gasteiger partial charge on any atom is 0.133 e. The number of hydrogen-bond acceptors (Lipinski definition) is 4. The number of phenolic OH excluding ortho intramolecular Hbond substituents is 4. The van der Waals surface area contributed by atoms with Crippen molar-refractivity contribution >= 4 is 21.8 Å².